The van der Waals surface area contributed by atoms with Crippen LogP contribution >= 0.6 is 11.3 Å². The van der Waals surface area contributed by atoms with Crippen molar-refractivity contribution in [2.24, 2.45) is 0 Å². The molecule has 1 aliphatic rings. The average molecular weight is 379 g/mol. The van der Waals surface area contributed by atoms with E-state index in [1.165, 1.54) is 11.3 Å². The molecule has 0 saturated carbocycles. The second kappa shape index (κ2) is 6.08. The number of nitrogens with zero attached hydrogens (tertiary/aromatic N) is 2. The van der Waals surface area contributed by atoms with Gasteiger partial charge in [0.1, 0.15) is 16.4 Å². The van der Waals surface area contributed by atoms with E-state index >= 15 is 0 Å². The molecule has 3 aromatic heterocycles. The lowest BCUT2D eigenvalue weighted by Crippen LogP contribution is -2.33. The average Bonchev–Trinajstić information content (AvgIpc) is 3.25. The van der Waals surface area contributed by atoms with Gasteiger partial charge in [0.15, 0.2) is 9.84 Å². The summed E-state index contributed by atoms with van der Waals surface area (Å²) < 4.78 is 28.7. The van der Waals surface area contributed by atoms with E-state index in [0.717, 1.165) is 5.56 Å². The molecule has 0 aliphatic carbocycles. The van der Waals surface area contributed by atoms with Crippen LogP contribution in [0.25, 0.3) is 21.5 Å². The van der Waals surface area contributed by atoms with Crippen molar-refractivity contribution < 1.29 is 12.8 Å². The molecule has 7 nitrogen and oxygen atoms in total. The number of aromatic nitrogens is 2. The van der Waals surface area contributed by atoms with Crippen molar-refractivity contribution in [3.63, 3.8) is 0 Å². The minimum atomic E-state index is -2.94. The third kappa shape index (κ3) is 3.14. The van der Waals surface area contributed by atoms with E-state index in [1.54, 1.807) is 12.3 Å². The highest BCUT2D eigenvalue weighted by molar-refractivity contribution is 7.91. The molecule has 1 saturated heterocycles. The Morgan fingerprint density at radius 1 is 1.48 bits per heavy atom. The van der Waals surface area contributed by atoms with Gasteiger partial charge < -0.3 is 9.40 Å². The summed E-state index contributed by atoms with van der Waals surface area (Å²) >= 11 is 1.39. The highest BCUT2D eigenvalue weighted by atomic mass is 32.2. The van der Waals surface area contributed by atoms with Gasteiger partial charge in [-0.25, -0.2) is 13.4 Å². The smallest absolute Gasteiger partial charge is 0.260 e. The molecule has 1 N–H and O–H groups in total. The number of furan rings is 1. The van der Waals surface area contributed by atoms with E-state index < -0.39 is 9.84 Å². The van der Waals surface area contributed by atoms with Crippen LogP contribution in [0, 0.1) is 0 Å². The maximum Gasteiger partial charge on any atom is 0.260 e. The maximum atomic E-state index is 12.5. The quantitative estimate of drug-likeness (QED) is 0.743. The summed E-state index contributed by atoms with van der Waals surface area (Å²) in [5.74, 6) is 1.57. The molecular weight excluding hydrogens is 362 g/mol. The van der Waals surface area contributed by atoms with Crippen LogP contribution in [0.5, 0.6) is 0 Å². The largest absolute Gasteiger partial charge is 0.464 e. The lowest BCUT2D eigenvalue weighted by Gasteiger charge is -2.22. The van der Waals surface area contributed by atoms with Gasteiger partial charge in [-0.2, -0.15) is 0 Å². The van der Waals surface area contributed by atoms with E-state index in [4.69, 9.17) is 4.42 Å². The number of rotatable bonds is 4. The fraction of sp³-hybridized carbons (Fsp3) is 0.375. The van der Waals surface area contributed by atoms with Gasteiger partial charge >= 0.3 is 0 Å². The Kier molecular flexibility index (Phi) is 4.01. The second-order valence-corrected chi connectivity index (χ2v) is 9.38. The van der Waals surface area contributed by atoms with E-state index in [1.807, 2.05) is 23.4 Å². The van der Waals surface area contributed by atoms with Crippen LogP contribution in [0.2, 0.25) is 0 Å². The Labute approximate surface area is 148 Å². The van der Waals surface area contributed by atoms with Crippen LogP contribution in [0.3, 0.4) is 0 Å². The van der Waals surface area contributed by atoms with E-state index in [9.17, 15) is 13.2 Å². The van der Waals surface area contributed by atoms with Gasteiger partial charge in [-0.1, -0.05) is 0 Å². The molecule has 9 heteroatoms. The maximum absolute atomic E-state index is 12.5. The predicted octanol–water partition coefficient (Wildman–Crippen LogP) is 1.86. The lowest BCUT2D eigenvalue weighted by atomic mass is 10.2. The van der Waals surface area contributed by atoms with Crippen LogP contribution in [-0.2, 0) is 16.4 Å². The normalized spacial score (nSPS) is 19.8. The molecule has 25 heavy (non-hydrogen) atoms. The Morgan fingerprint density at radius 3 is 3.00 bits per heavy atom. The molecular formula is C16H17N3O4S2. The number of aromatic amines is 1. The minimum absolute atomic E-state index is 0.0342. The molecule has 132 valence electrons. The molecule has 0 amide bonds. The van der Waals surface area contributed by atoms with Crippen LogP contribution in [0.15, 0.2) is 33.0 Å². The molecule has 0 aromatic carbocycles. The topological polar surface area (TPSA) is 96.3 Å². The molecule has 0 unspecified atom stereocenters. The van der Waals surface area contributed by atoms with Crippen LogP contribution in [-0.4, -0.2) is 47.9 Å². The van der Waals surface area contributed by atoms with Crippen molar-refractivity contribution in [1.82, 2.24) is 14.9 Å². The molecule has 4 heterocycles. The number of fused-ring (bicyclic) bond motifs is 1. The number of nitrogens with one attached hydrogen (secondary N) is 1. The molecule has 3 aromatic rings. The van der Waals surface area contributed by atoms with Crippen molar-refractivity contribution in [3.8, 4) is 11.3 Å². The second-order valence-electron chi connectivity index (χ2n) is 6.29. The fourth-order valence-corrected chi connectivity index (χ4v) is 5.92. The Hall–Kier alpha value is -1.97. The van der Waals surface area contributed by atoms with E-state index in [2.05, 4.69) is 9.97 Å². The molecule has 1 aliphatic heterocycles. The van der Waals surface area contributed by atoms with Gasteiger partial charge in [-0.3, -0.25) is 9.69 Å². The van der Waals surface area contributed by atoms with Crippen molar-refractivity contribution in [1.29, 1.82) is 0 Å². The Bertz CT molecular complexity index is 1070. The van der Waals surface area contributed by atoms with Crippen molar-refractivity contribution in [2.75, 3.05) is 18.6 Å². The zero-order valence-electron chi connectivity index (χ0n) is 13.6. The van der Waals surface area contributed by atoms with Gasteiger partial charge in [0.2, 0.25) is 0 Å². The van der Waals surface area contributed by atoms with Gasteiger partial charge in [-0.05, 0) is 25.6 Å². The standard InChI is InChI=1S/C16H17N3O4S2/c1-19(10-4-6-25(21,22)9-10)7-13-17-15(20)14-11(8-24-16(14)18-13)12-3-2-5-23-12/h2-3,5,8,10H,4,6-7,9H2,1H3,(H,17,18,20)/t10-/m1/s1. The highest BCUT2D eigenvalue weighted by Gasteiger charge is 2.30. The highest BCUT2D eigenvalue weighted by Crippen LogP contribution is 2.31. The summed E-state index contributed by atoms with van der Waals surface area (Å²) in [6, 6.07) is 3.55. The molecule has 0 bridgehead atoms. The first-order chi connectivity index (χ1) is 11.9. The fourth-order valence-electron chi connectivity index (χ4n) is 3.17. The zero-order chi connectivity index (χ0) is 17.6. The van der Waals surface area contributed by atoms with Crippen molar-refractivity contribution in [3.05, 3.63) is 40.0 Å². The summed E-state index contributed by atoms with van der Waals surface area (Å²) in [5.41, 5.74) is 0.528. The summed E-state index contributed by atoms with van der Waals surface area (Å²) in [4.78, 5) is 22.5. The molecule has 1 atom stereocenters. The molecule has 0 spiro atoms. The third-order valence-electron chi connectivity index (χ3n) is 4.51. The SMILES string of the molecule is CN(Cc1nc2scc(-c3ccco3)c2c(=O)[nH]1)[C@@H]1CCS(=O)(=O)C1. The number of H-pyrrole nitrogens is 1. The van der Waals surface area contributed by atoms with Gasteiger partial charge in [0.25, 0.3) is 5.56 Å². The summed E-state index contributed by atoms with van der Waals surface area (Å²) in [6.45, 7) is 0.402. The zero-order valence-corrected chi connectivity index (χ0v) is 15.2. The van der Waals surface area contributed by atoms with Crippen LogP contribution < -0.4 is 5.56 Å². The third-order valence-corrected chi connectivity index (χ3v) is 7.13. The Balaban J connectivity index is 1.63. The minimum Gasteiger partial charge on any atom is -0.464 e. The van der Waals surface area contributed by atoms with Gasteiger partial charge in [0.05, 0.1) is 29.7 Å². The molecule has 4 rings (SSSR count). The van der Waals surface area contributed by atoms with E-state index in [-0.39, 0.29) is 23.1 Å². The number of thiophene rings is 1. The van der Waals surface area contributed by atoms with Crippen LogP contribution in [0.4, 0.5) is 0 Å². The van der Waals surface area contributed by atoms with Gasteiger partial charge in [0, 0.05) is 17.0 Å². The first-order valence-corrected chi connectivity index (χ1v) is 10.6. The predicted molar refractivity (Wildman–Crippen MR) is 96.5 cm³/mol. The first kappa shape index (κ1) is 16.5. The number of sulfone groups is 1. The van der Waals surface area contributed by atoms with E-state index in [0.29, 0.717) is 34.8 Å². The summed E-state index contributed by atoms with van der Waals surface area (Å²) in [7, 11) is -1.08. The van der Waals surface area contributed by atoms with Crippen LogP contribution in [0.1, 0.15) is 12.2 Å². The molecule has 1 fully saturated rings. The summed E-state index contributed by atoms with van der Waals surface area (Å²) in [6.07, 6.45) is 2.19. The van der Waals surface area contributed by atoms with Crippen molar-refractivity contribution >= 4 is 31.4 Å². The first-order valence-electron chi connectivity index (χ1n) is 7.88. The Morgan fingerprint density at radius 2 is 2.32 bits per heavy atom. The number of hydrogen-bond donors (Lipinski definition) is 1. The number of hydrogen-bond acceptors (Lipinski definition) is 7. The summed E-state index contributed by atoms with van der Waals surface area (Å²) in [5, 5.41) is 2.39. The monoisotopic (exact) mass is 379 g/mol. The van der Waals surface area contributed by atoms with Crippen molar-refractivity contribution in [2.45, 2.75) is 19.0 Å². The van der Waals surface area contributed by atoms with Gasteiger partial charge in [-0.15, -0.1) is 11.3 Å². The molecule has 0 radical (unpaired) electrons. The lowest BCUT2D eigenvalue weighted by molar-refractivity contribution is 0.248.